The predicted octanol–water partition coefficient (Wildman–Crippen LogP) is 4.49. The van der Waals surface area contributed by atoms with E-state index in [2.05, 4.69) is 16.4 Å². The zero-order valence-corrected chi connectivity index (χ0v) is 11.6. The SMILES string of the molecule is c1ccc(Oc2cccc(CNc3ccccn3)c2)cc1. The molecule has 0 aliphatic carbocycles. The number of para-hydroxylation sites is 1. The Kier molecular flexibility index (Phi) is 4.12. The maximum absolute atomic E-state index is 5.83. The normalized spacial score (nSPS) is 10.1. The van der Waals surface area contributed by atoms with Crippen LogP contribution in [0.4, 0.5) is 5.82 Å². The Labute approximate surface area is 124 Å². The molecule has 3 aromatic rings. The van der Waals surface area contributed by atoms with Crippen molar-refractivity contribution in [1.29, 1.82) is 0 Å². The summed E-state index contributed by atoms with van der Waals surface area (Å²) in [6.07, 6.45) is 1.78. The number of hydrogen-bond donors (Lipinski definition) is 1. The zero-order valence-electron chi connectivity index (χ0n) is 11.6. The van der Waals surface area contributed by atoms with E-state index in [9.17, 15) is 0 Å². The minimum absolute atomic E-state index is 0.711. The number of benzene rings is 2. The van der Waals surface area contributed by atoms with Crippen molar-refractivity contribution in [3.8, 4) is 11.5 Å². The Morgan fingerprint density at radius 1 is 0.810 bits per heavy atom. The minimum Gasteiger partial charge on any atom is -0.457 e. The number of nitrogens with zero attached hydrogens (tertiary/aromatic N) is 1. The van der Waals surface area contributed by atoms with Crippen LogP contribution in [0.1, 0.15) is 5.56 Å². The molecule has 0 atom stereocenters. The number of ether oxygens (including phenoxy) is 1. The summed E-state index contributed by atoms with van der Waals surface area (Å²) in [6, 6.07) is 23.6. The number of pyridine rings is 1. The van der Waals surface area contributed by atoms with E-state index in [1.54, 1.807) is 6.20 Å². The van der Waals surface area contributed by atoms with Gasteiger partial charge in [-0.05, 0) is 42.0 Å². The van der Waals surface area contributed by atoms with Gasteiger partial charge in [0.15, 0.2) is 0 Å². The fourth-order valence-corrected chi connectivity index (χ4v) is 2.00. The quantitative estimate of drug-likeness (QED) is 0.745. The zero-order chi connectivity index (χ0) is 14.3. The topological polar surface area (TPSA) is 34.1 Å². The molecule has 0 saturated heterocycles. The molecule has 3 heteroatoms. The first-order chi connectivity index (χ1) is 10.4. The maximum Gasteiger partial charge on any atom is 0.127 e. The molecule has 0 unspecified atom stereocenters. The van der Waals surface area contributed by atoms with Crippen molar-refractivity contribution < 1.29 is 4.74 Å². The van der Waals surface area contributed by atoms with Crippen molar-refractivity contribution in [3.63, 3.8) is 0 Å². The van der Waals surface area contributed by atoms with Crippen LogP contribution >= 0.6 is 0 Å². The van der Waals surface area contributed by atoms with Crippen LogP contribution in [-0.2, 0) is 6.54 Å². The van der Waals surface area contributed by atoms with E-state index < -0.39 is 0 Å². The third kappa shape index (κ3) is 3.83. The van der Waals surface area contributed by atoms with Crippen molar-refractivity contribution in [2.24, 2.45) is 0 Å². The summed E-state index contributed by atoms with van der Waals surface area (Å²) in [6.45, 7) is 0.711. The Balaban J connectivity index is 1.66. The number of anilines is 1. The van der Waals surface area contributed by atoms with Crippen LogP contribution in [0.3, 0.4) is 0 Å². The van der Waals surface area contributed by atoms with Gasteiger partial charge in [0.05, 0.1) is 0 Å². The molecule has 3 nitrogen and oxygen atoms in total. The summed E-state index contributed by atoms with van der Waals surface area (Å²) in [4.78, 5) is 4.24. The predicted molar refractivity (Wildman–Crippen MR) is 84.5 cm³/mol. The third-order valence-electron chi connectivity index (χ3n) is 3.02. The van der Waals surface area contributed by atoms with Gasteiger partial charge in [-0.1, -0.05) is 36.4 Å². The van der Waals surface area contributed by atoms with Crippen LogP contribution in [0.15, 0.2) is 79.0 Å². The molecule has 1 N–H and O–H groups in total. The molecule has 1 heterocycles. The fraction of sp³-hybridized carbons (Fsp3) is 0.0556. The lowest BCUT2D eigenvalue weighted by Crippen LogP contribution is -2.00. The van der Waals surface area contributed by atoms with Gasteiger partial charge in [0, 0.05) is 12.7 Å². The molecule has 1 aromatic heterocycles. The molecule has 2 aromatic carbocycles. The van der Waals surface area contributed by atoms with Crippen LogP contribution in [0, 0.1) is 0 Å². The first-order valence-corrected chi connectivity index (χ1v) is 6.87. The lowest BCUT2D eigenvalue weighted by atomic mass is 10.2. The standard InChI is InChI=1S/C18H16N2O/c1-2-8-16(9-3-1)21-17-10-6-7-15(13-17)14-20-18-11-4-5-12-19-18/h1-13H,14H2,(H,19,20). The van der Waals surface area contributed by atoms with E-state index in [4.69, 9.17) is 4.74 Å². The number of aromatic nitrogens is 1. The van der Waals surface area contributed by atoms with Crippen molar-refractivity contribution in [2.45, 2.75) is 6.54 Å². The molecule has 21 heavy (non-hydrogen) atoms. The summed E-state index contributed by atoms with van der Waals surface area (Å²) in [5.41, 5.74) is 1.15. The van der Waals surface area contributed by atoms with Crippen molar-refractivity contribution in [2.75, 3.05) is 5.32 Å². The lowest BCUT2D eigenvalue weighted by Gasteiger charge is -2.09. The van der Waals surface area contributed by atoms with Crippen molar-refractivity contribution in [1.82, 2.24) is 4.98 Å². The van der Waals surface area contributed by atoms with E-state index in [-0.39, 0.29) is 0 Å². The van der Waals surface area contributed by atoms with Crippen LogP contribution < -0.4 is 10.1 Å². The van der Waals surface area contributed by atoms with Gasteiger partial charge in [0.25, 0.3) is 0 Å². The Bertz CT molecular complexity index is 684. The van der Waals surface area contributed by atoms with Gasteiger partial charge in [-0.25, -0.2) is 4.98 Å². The fourth-order valence-electron chi connectivity index (χ4n) is 2.00. The summed E-state index contributed by atoms with van der Waals surface area (Å²) in [7, 11) is 0. The van der Waals surface area contributed by atoms with Crippen molar-refractivity contribution >= 4 is 5.82 Å². The highest BCUT2D eigenvalue weighted by atomic mass is 16.5. The summed E-state index contributed by atoms with van der Waals surface area (Å²) in [5, 5.41) is 3.29. The largest absolute Gasteiger partial charge is 0.457 e. The Morgan fingerprint density at radius 3 is 2.43 bits per heavy atom. The molecule has 0 amide bonds. The van der Waals surface area contributed by atoms with Gasteiger partial charge in [-0.3, -0.25) is 0 Å². The first kappa shape index (κ1) is 13.2. The molecule has 3 rings (SSSR count). The Hall–Kier alpha value is -2.81. The second-order valence-electron chi connectivity index (χ2n) is 4.63. The summed E-state index contributed by atoms with van der Waals surface area (Å²) < 4.78 is 5.83. The van der Waals surface area contributed by atoms with Crippen LogP contribution in [0.25, 0.3) is 0 Å². The molecule has 0 bridgehead atoms. The minimum atomic E-state index is 0.711. The molecule has 0 saturated carbocycles. The summed E-state index contributed by atoms with van der Waals surface area (Å²) >= 11 is 0. The monoisotopic (exact) mass is 276 g/mol. The van der Waals surface area contributed by atoms with Gasteiger partial charge in [-0.15, -0.1) is 0 Å². The van der Waals surface area contributed by atoms with Gasteiger partial charge in [-0.2, -0.15) is 0 Å². The smallest absolute Gasteiger partial charge is 0.127 e. The summed E-state index contributed by atoms with van der Waals surface area (Å²) in [5.74, 6) is 2.54. The molecular formula is C18H16N2O. The van der Waals surface area contributed by atoms with E-state index in [0.717, 1.165) is 22.9 Å². The number of nitrogens with one attached hydrogen (secondary N) is 1. The highest BCUT2D eigenvalue weighted by Crippen LogP contribution is 2.22. The average molecular weight is 276 g/mol. The van der Waals surface area contributed by atoms with E-state index in [0.29, 0.717) is 6.54 Å². The molecular weight excluding hydrogens is 260 g/mol. The first-order valence-electron chi connectivity index (χ1n) is 6.87. The maximum atomic E-state index is 5.83. The number of hydrogen-bond acceptors (Lipinski definition) is 3. The van der Waals surface area contributed by atoms with Gasteiger partial charge >= 0.3 is 0 Å². The van der Waals surface area contributed by atoms with E-state index >= 15 is 0 Å². The van der Waals surface area contributed by atoms with Crippen LogP contribution in [0.2, 0.25) is 0 Å². The molecule has 0 aliphatic heterocycles. The molecule has 0 aliphatic rings. The van der Waals surface area contributed by atoms with E-state index in [1.165, 1.54) is 0 Å². The lowest BCUT2D eigenvalue weighted by molar-refractivity contribution is 0.482. The van der Waals surface area contributed by atoms with Gasteiger partial charge in [0.2, 0.25) is 0 Å². The third-order valence-corrected chi connectivity index (χ3v) is 3.02. The van der Waals surface area contributed by atoms with Crippen LogP contribution in [0.5, 0.6) is 11.5 Å². The molecule has 0 radical (unpaired) electrons. The van der Waals surface area contributed by atoms with Gasteiger partial charge in [0.1, 0.15) is 17.3 Å². The highest BCUT2D eigenvalue weighted by molar-refractivity contribution is 5.38. The second-order valence-corrected chi connectivity index (χ2v) is 4.63. The Morgan fingerprint density at radius 2 is 1.62 bits per heavy atom. The average Bonchev–Trinajstić information content (AvgIpc) is 2.55. The van der Waals surface area contributed by atoms with Gasteiger partial charge < -0.3 is 10.1 Å². The molecule has 0 fully saturated rings. The van der Waals surface area contributed by atoms with Crippen LogP contribution in [-0.4, -0.2) is 4.98 Å². The highest BCUT2D eigenvalue weighted by Gasteiger charge is 1.99. The van der Waals surface area contributed by atoms with E-state index in [1.807, 2.05) is 66.7 Å². The second kappa shape index (κ2) is 6.57. The molecule has 0 spiro atoms. The van der Waals surface area contributed by atoms with Crippen molar-refractivity contribution in [3.05, 3.63) is 84.6 Å². The molecule has 104 valence electrons. The number of rotatable bonds is 5.